The van der Waals surface area contributed by atoms with Crippen molar-refractivity contribution >= 4 is 0 Å². The van der Waals surface area contributed by atoms with Crippen LogP contribution in [-0.4, -0.2) is 49.9 Å². The highest BCUT2D eigenvalue weighted by Crippen LogP contribution is 2.53. The van der Waals surface area contributed by atoms with Crippen molar-refractivity contribution in [2.24, 2.45) is 0 Å². The highest BCUT2D eigenvalue weighted by Gasteiger charge is 2.81. The Morgan fingerprint density at radius 3 is 1.54 bits per heavy atom. The third-order valence-corrected chi connectivity index (χ3v) is 3.90. The summed E-state index contributed by atoms with van der Waals surface area (Å²) in [7, 11) is 0. The van der Waals surface area contributed by atoms with E-state index in [0.29, 0.717) is 19.4 Å². The average molecular weight is 434 g/mol. The predicted octanol–water partition coefficient (Wildman–Crippen LogP) is 6.63. The molecule has 170 valence electrons. The summed E-state index contributed by atoms with van der Waals surface area (Å²) in [6.07, 6.45) is -3.85. The van der Waals surface area contributed by atoms with Crippen LogP contribution in [0.3, 0.4) is 0 Å². The van der Waals surface area contributed by atoms with Crippen LogP contribution < -0.4 is 0 Å². The van der Waals surface area contributed by atoms with Crippen LogP contribution in [0.15, 0.2) is 0 Å². The first-order valence-corrected chi connectivity index (χ1v) is 9.06. The first-order valence-electron chi connectivity index (χ1n) is 9.06. The highest BCUT2D eigenvalue weighted by atomic mass is 19.4. The van der Waals surface area contributed by atoms with Gasteiger partial charge < -0.3 is 9.47 Å². The Morgan fingerprint density at radius 1 is 0.607 bits per heavy atom. The Bertz CT molecular complexity index is 423. The molecule has 0 aliphatic heterocycles. The van der Waals surface area contributed by atoms with E-state index in [0.717, 1.165) is 25.7 Å². The topological polar surface area (TPSA) is 18.5 Å². The molecule has 28 heavy (non-hydrogen) atoms. The monoisotopic (exact) mass is 434 g/mol. The number of ether oxygens (including phenoxy) is 2. The first kappa shape index (κ1) is 27.3. The molecule has 0 fully saturated rings. The minimum absolute atomic E-state index is 0.0756. The normalized spacial score (nSPS) is 14.1. The third-order valence-electron chi connectivity index (χ3n) is 3.90. The van der Waals surface area contributed by atoms with Gasteiger partial charge in [0.15, 0.2) is 0 Å². The SMILES string of the molecule is CC(C)OCCCCCCCCOCCC(F)(F)C(F)(F)C(F)(F)C(F)(F)F. The molecule has 11 heteroatoms. The third kappa shape index (κ3) is 8.34. The van der Waals surface area contributed by atoms with Crippen molar-refractivity contribution in [1.29, 1.82) is 0 Å². The van der Waals surface area contributed by atoms with Gasteiger partial charge in [0, 0.05) is 19.6 Å². The zero-order chi connectivity index (χ0) is 22.1. The molecule has 2 nitrogen and oxygen atoms in total. The Balaban J connectivity index is 3.99. The van der Waals surface area contributed by atoms with E-state index < -0.39 is 37.0 Å². The summed E-state index contributed by atoms with van der Waals surface area (Å²) >= 11 is 0. The molecule has 0 aliphatic carbocycles. The maximum Gasteiger partial charge on any atom is 0.460 e. The Hall–Kier alpha value is -0.710. The van der Waals surface area contributed by atoms with E-state index in [2.05, 4.69) is 4.74 Å². The molecular formula is C17H27F9O2. The van der Waals surface area contributed by atoms with E-state index in [4.69, 9.17) is 4.74 Å². The fourth-order valence-electron chi connectivity index (χ4n) is 2.20. The Morgan fingerprint density at radius 2 is 1.07 bits per heavy atom. The van der Waals surface area contributed by atoms with Gasteiger partial charge in [-0.3, -0.25) is 0 Å². The average Bonchev–Trinajstić information content (AvgIpc) is 2.54. The van der Waals surface area contributed by atoms with Gasteiger partial charge in [0.25, 0.3) is 0 Å². The molecule has 0 radical (unpaired) electrons. The van der Waals surface area contributed by atoms with Crippen LogP contribution in [0.1, 0.15) is 58.8 Å². The molecule has 0 aromatic heterocycles. The lowest BCUT2D eigenvalue weighted by Crippen LogP contribution is -2.61. The molecule has 0 amide bonds. The van der Waals surface area contributed by atoms with E-state index in [1.165, 1.54) is 0 Å². The molecule has 0 rings (SSSR count). The molecule has 0 heterocycles. The van der Waals surface area contributed by atoms with Gasteiger partial charge in [-0.25, -0.2) is 0 Å². The smallest absolute Gasteiger partial charge is 0.381 e. The number of hydrogen-bond donors (Lipinski definition) is 0. The summed E-state index contributed by atoms with van der Waals surface area (Å²) < 4.78 is 124. The fraction of sp³-hybridized carbons (Fsp3) is 1.00. The van der Waals surface area contributed by atoms with Crippen LogP contribution in [0.5, 0.6) is 0 Å². The second-order valence-electron chi connectivity index (χ2n) is 6.75. The number of unbranched alkanes of at least 4 members (excludes halogenated alkanes) is 5. The number of alkyl halides is 9. The molecule has 0 bridgehead atoms. The minimum atomic E-state index is -6.84. The van der Waals surface area contributed by atoms with Crippen LogP contribution in [0, 0.1) is 0 Å². The van der Waals surface area contributed by atoms with E-state index in [-0.39, 0.29) is 12.7 Å². The van der Waals surface area contributed by atoms with Crippen LogP contribution in [0.2, 0.25) is 0 Å². The standard InChI is InChI=1S/C17H27F9O2/c1-13(2)28-11-8-6-4-3-5-7-10-27-12-9-14(18,19)15(20,21)16(22,23)17(24,25)26/h13H,3-12H2,1-2H3. The fourth-order valence-corrected chi connectivity index (χ4v) is 2.20. The molecule has 0 saturated carbocycles. The maximum absolute atomic E-state index is 13.2. The summed E-state index contributed by atoms with van der Waals surface area (Å²) in [6, 6.07) is 0. The van der Waals surface area contributed by atoms with Crippen LogP contribution in [-0.2, 0) is 9.47 Å². The number of rotatable bonds is 15. The van der Waals surface area contributed by atoms with Gasteiger partial charge in [-0.2, -0.15) is 39.5 Å². The van der Waals surface area contributed by atoms with Crippen LogP contribution in [0.25, 0.3) is 0 Å². The highest BCUT2D eigenvalue weighted by molar-refractivity contribution is 5.00. The van der Waals surface area contributed by atoms with Gasteiger partial charge in [-0.1, -0.05) is 25.7 Å². The van der Waals surface area contributed by atoms with Crippen molar-refractivity contribution < 1.29 is 49.0 Å². The van der Waals surface area contributed by atoms with Gasteiger partial charge >= 0.3 is 23.9 Å². The number of halogens is 9. The van der Waals surface area contributed by atoms with E-state index in [1.54, 1.807) is 0 Å². The lowest BCUT2D eigenvalue weighted by Gasteiger charge is -2.33. The molecule has 0 atom stereocenters. The van der Waals surface area contributed by atoms with E-state index in [9.17, 15) is 39.5 Å². The molecule has 0 saturated heterocycles. The van der Waals surface area contributed by atoms with Gasteiger partial charge in [0.2, 0.25) is 0 Å². The van der Waals surface area contributed by atoms with Crippen molar-refractivity contribution in [3.05, 3.63) is 0 Å². The van der Waals surface area contributed by atoms with Crippen LogP contribution in [0.4, 0.5) is 39.5 Å². The quantitative estimate of drug-likeness (QED) is 0.213. The van der Waals surface area contributed by atoms with Crippen LogP contribution >= 0.6 is 0 Å². The van der Waals surface area contributed by atoms with Crippen molar-refractivity contribution in [3.63, 3.8) is 0 Å². The maximum atomic E-state index is 13.2. The van der Waals surface area contributed by atoms with Gasteiger partial charge in [0.05, 0.1) is 12.7 Å². The molecule has 0 unspecified atom stereocenters. The van der Waals surface area contributed by atoms with Crippen molar-refractivity contribution in [2.75, 3.05) is 19.8 Å². The van der Waals surface area contributed by atoms with Crippen molar-refractivity contribution in [3.8, 4) is 0 Å². The lowest BCUT2D eigenvalue weighted by atomic mass is 10.0. The summed E-state index contributed by atoms with van der Waals surface area (Å²) in [4.78, 5) is 0. The van der Waals surface area contributed by atoms with Gasteiger partial charge in [-0.15, -0.1) is 0 Å². The molecular weight excluding hydrogens is 407 g/mol. The Kier molecular flexibility index (Phi) is 11.2. The minimum Gasteiger partial charge on any atom is -0.381 e. The lowest BCUT2D eigenvalue weighted by molar-refractivity contribution is -0.397. The van der Waals surface area contributed by atoms with Gasteiger partial charge in [0.1, 0.15) is 0 Å². The van der Waals surface area contributed by atoms with E-state index >= 15 is 0 Å². The first-order chi connectivity index (χ1) is 12.7. The zero-order valence-corrected chi connectivity index (χ0v) is 15.9. The summed E-state index contributed by atoms with van der Waals surface area (Å²) in [5.41, 5.74) is 0. The number of hydrogen-bond acceptors (Lipinski definition) is 2. The second-order valence-corrected chi connectivity index (χ2v) is 6.75. The Labute approximate surface area is 158 Å². The van der Waals surface area contributed by atoms with Gasteiger partial charge in [-0.05, 0) is 26.7 Å². The zero-order valence-electron chi connectivity index (χ0n) is 15.9. The van der Waals surface area contributed by atoms with E-state index in [1.807, 2.05) is 13.8 Å². The molecule has 0 aromatic carbocycles. The summed E-state index contributed by atoms with van der Waals surface area (Å²) in [5, 5.41) is 0. The summed E-state index contributed by atoms with van der Waals surface area (Å²) in [5.74, 6) is -19.0. The second kappa shape index (κ2) is 11.5. The largest absolute Gasteiger partial charge is 0.460 e. The molecule has 0 N–H and O–H groups in total. The molecule has 0 aliphatic rings. The van der Waals surface area contributed by atoms with Crippen molar-refractivity contribution in [1.82, 2.24) is 0 Å². The van der Waals surface area contributed by atoms with Crippen molar-refractivity contribution in [2.45, 2.75) is 88.8 Å². The molecule has 0 spiro atoms. The summed E-state index contributed by atoms with van der Waals surface area (Å²) in [6.45, 7) is 3.39. The molecule has 0 aromatic rings. The predicted molar refractivity (Wildman–Crippen MR) is 85.1 cm³/mol.